The minimum atomic E-state index is -3.44. The molecule has 2 fully saturated rings. The van der Waals surface area contributed by atoms with E-state index in [1.807, 2.05) is 6.07 Å². The van der Waals surface area contributed by atoms with Gasteiger partial charge in [0.2, 0.25) is 10.0 Å². The molecule has 2 saturated heterocycles. The van der Waals surface area contributed by atoms with E-state index >= 15 is 0 Å². The van der Waals surface area contributed by atoms with Crippen molar-refractivity contribution in [2.75, 3.05) is 42.1 Å². The summed E-state index contributed by atoms with van der Waals surface area (Å²) in [5.41, 5.74) is 2.32. The van der Waals surface area contributed by atoms with Crippen LogP contribution in [0.4, 0.5) is 16.3 Å². The Labute approximate surface area is 200 Å². The van der Waals surface area contributed by atoms with Crippen LogP contribution in [0.2, 0.25) is 5.02 Å². The number of sulfonamides is 1. The molecule has 3 heterocycles. The van der Waals surface area contributed by atoms with Crippen molar-refractivity contribution in [3.63, 3.8) is 0 Å². The first-order valence-electron chi connectivity index (χ1n) is 11.2. The quantitative estimate of drug-likeness (QED) is 0.687. The maximum Gasteiger partial charge on any atom is 0.344 e. The summed E-state index contributed by atoms with van der Waals surface area (Å²) in [5, 5.41) is 4.84. The van der Waals surface area contributed by atoms with Gasteiger partial charge in [0.25, 0.3) is 0 Å². The number of carbonyl (C=O) groups is 1. The van der Waals surface area contributed by atoms with E-state index in [0.717, 1.165) is 36.6 Å². The Morgan fingerprint density at radius 3 is 2.64 bits per heavy atom. The highest BCUT2D eigenvalue weighted by Gasteiger charge is 2.29. The standard InChI is InChI=1S/C22H31ClN6O3S/c1-16-5-4-9-28(16)20-13-18(6-7-19(20)23)15-26-11-12-27(14-17(26)2)22(30)29-10-8-21(24-29)25-33(3,31)32/h6-8,10,13,16-17H,4-5,9,11-12,14-15H2,1-3H3,(H,24,25)/t16-,17+/m1/s1. The molecular formula is C22H31ClN6O3S. The van der Waals surface area contributed by atoms with Crippen molar-refractivity contribution < 1.29 is 13.2 Å². The van der Waals surface area contributed by atoms with Crippen molar-refractivity contribution in [2.45, 2.75) is 45.3 Å². The number of carbonyl (C=O) groups excluding carboxylic acids is 1. The minimum absolute atomic E-state index is 0.128. The molecule has 33 heavy (non-hydrogen) atoms. The van der Waals surface area contributed by atoms with Gasteiger partial charge in [-0.15, -0.1) is 5.10 Å². The van der Waals surface area contributed by atoms with Gasteiger partial charge in [-0.3, -0.25) is 9.62 Å². The first kappa shape index (κ1) is 23.8. The molecule has 0 radical (unpaired) electrons. The number of halogens is 1. The monoisotopic (exact) mass is 494 g/mol. The van der Waals surface area contributed by atoms with E-state index in [4.69, 9.17) is 11.6 Å². The summed E-state index contributed by atoms with van der Waals surface area (Å²) in [6, 6.07) is 8.14. The lowest BCUT2D eigenvalue weighted by Gasteiger charge is -2.39. The van der Waals surface area contributed by atoms with Gasteiger partial charge in [0.1, 0.15) is 0 Å². The van der Waals surface area contributed by atoms with Crippen molar-refractivity contribution in [1.29, 1.82) is 0 Å². The van der Waals surface area contributed by atoms with Gasteiger partial charge in [-0.25, -0.2) is 13.2 Å². The van der Waals surface area contributed by atoms with Crippen molar-refractivity contribution in [2.24, 2.45) is 0 Å². The average molecular weight is 495 g/mol. The van der Waals surface area contributed by atoms with Crippen molar-refractivity contribution in [3.05, 3.63) is 41.0 Å². The third-order valence-electron chi connectivity index (χ3n) is 6.37. The molecule has 1 aromatic heterocycles. The first-order valence-corrected chi connectivity index (χ1v) is 13.5. The van der Waals surface area contributed by atoms with Crippen LogP contribution < -0.4 is 9.62 Å². The van der Waals surface area contributed by atoms with E-state index in [9.17, 15) is 13.2 Å². The van der Waals surface area contributed by atoms with Crippen LogP contribution in [-0.4, -0.2) is 78.5 Å². The Kier molecular flexibility index (Phi) is 6.88. The number of anilines is 2. The second-order valence-electron chi connectivity index (χ2n) is 9.04. The van der Waals surface area contributed by atoms with Crippen molar-refractivity contribution >= 4 is 39.2 Å². The van der Waals surface area contributed by atoms with Crippen LogP contribution in [-0.2, 0) is 16.6 Å². The number of benzene rings is 1. The third kappa shape index (κ3) is 5.62. The molecule has 2 aliphatic heterocycles. The number of rotatable bonds is 5. The molecule has 11 heteroatoms. The van der Waals surface area contributed by atoms with Gasteiger partial charge in [0.15, 0.2) is 5.82 Å². The molecule has 0 bridgehead atoms. The fraction of sp³-hybridized carbons (Fsp3) is 0.545. The lowest BCUT2D eigenvalue weighted by atomic mass is 10.1. The minimum Gasteiger partial charge on any atom is -0.368 e. The van der Waals surface area contributed by atoms with Gasteiger partial charge in [-0.2, -0.15) is 4.68 Å². The lowest BCUT2D eigenvalue weighted by Crippen LogP contribution is -2.54. The summed E-state index contributed by atoms with van der Waals surface area (Å²) in [6.45, 7) is 8.06. The number of aromatic nitrogens is 2. The molecule has 2 atom stereocenters. The van der Waals surface area contributed by atoms with Crippen molar-refractivity contribution in [3.8, 4) is 0 Å². The second kappa shape index (κ2) is 9.52. The summed E-state index contributed by atoms with van der Waals surface area (Å²) in [6.07, 6.45) is 4.90. The first-order chi connectivity index (χ1) is 15.6. The summed E-state index contributed by atoms with van der Waals surface area (Å²) in [7, 11) is -3.44. The lowest BCUT2D eigenvalue weighted by molar-refractivity contribution is 0.0921. The van der Waals surface area contributed by atoms with Gasteiger partial charge >= 0.3 is 6.03 Å². The second-order valence-corrected chi connectivity index (χ2v) is 11.2. The van der Waals surface area contributed by atoms with Gasteiger partial charge in [0, 0.05) is 57.1 Å². The zero-order valence-electron chi connectivity index (χ0n) is 19.2. The molecule has 0 unspecified atom stereocenters. The Hall–Kier alpha value is -2.30. The fourth-order valence-electron chi connectivity index (χ4n) is 4.63. The highest BCUT2D eigenvalue weighted by Crippen LogP contribution is 2.33. The predicted molar refractivity (Wildman–Crippen MR) is 130 cm³/mol. The average Bonchev–Trinajstić information content (AvgIpc) is 3.38. The van der Waals surface area contributed by atoms with Crippen LogP contribution >= 0.6 is 11.6 Å². The number of hydrogen-bond acceptors (Lipinski definition) is 6. The Morgan fingerprint density at radius 1 is 1.18 bits per heavy atom. The number of hydrogen-bond donors (Lipinski definition) is 1. The van der Waals surface area contributed by atoms with Crippen LogP contribution in [0.25, 0.3) is 0 Å². The molecule has 9 nitrogen and oxygen atoms in total. The number of piperazine rings is 1. The molecule has 0 saturated carbocycles. The summed E-state index contributed by atoms with van der Waals surface area (Å²) >= 11 is 6.52. The van der Waals surface area contributed by atoms with E-state index in [1.54, 1.807) is 4.90 Å². The molecule has 2 aliphatic rings. The summed E-state index contributed by atoms with van der Waals surface area (Å²) in [5.74, 6) is 0.128. The molecule has 180 valence electrons. The van der Waals surface area contributed by atoms with E-state index < -0.39 is 10.0 Å². The molecule has 1 amide bonds. The van der Waals surface area contributed by atoms with Crippen LogP contribution in [0.15, 0.2) is 30.5 Å². The largest absolute Gasteiger partial charge is 0.368 e. The summed E-state index contributed by atoms with van der Waals surface area (Å²) < 4.78 is 26.2. The smallest absolute Gasteiger partial charge is 0.344 e. The van der Waals surface area contributed by atoms with Crippen molar-refractivity contribution in [1.82, 2.24) is 19.6 Å². The van der Waals surface area contributed by atoms with Crippen LogP contribution in [0.1, 0.15) is 32.3 Å². The Bertz CT molecular complexity index is 1120. The fourth-order valence-corrected chi connectivity index (χ4v) is 5.34. The van der Waals surface area contributed by atoms with Crippen LogP contribution in [0, 0.1) is 0 Å². The van der Waals surface area contributed by atoms with Gasteiger partial charge in [0.05, 0.1) is 17.0 Å². The maximum atomic E-state index is 12.9. The van der Waals surface area contributed by atoms with Gasteiger partial charge in [-0.05, 0) is 44.4 Å². The predicted octanol–water partition coefficient (Wildman–Crippen LogP) is 3.07. The topological polar surface area (TPSA) is 90.8 Å². The van der Waals surface area contributed by atoms with Crippen LogP contribution in [0.3, 0.4) is 0 Å². The Balaban J connectivity index is 1.38. The molecule has 2 aromatic rings. The van der Waals surface area contributed by atoms with E-state index in [-0.39, 0.29) is 17.9 Å². The zero-order valence-corrected chi connectivity index (χ0v) is 20.8. The molecular weight excluding hydrogens is 464 g/mol. The molecule has 1 N–H and O–H groups in total. The van der Waals surface area contributed by atoms with E-state index in [0.29, 0.717) is 19.1 Å². The number of nitrogens with one attached hydrogen (secondary N) is 1. The highest BCUT2D eigenvalue weighted by molar-refractivity contribution is 7.92. The molecule has 4 rings (SSSR count). The third-order valence-corrected chi connectivity index (χ3v) is 7.27. The molecule has 0 aliphatic carbocycles. The molecule has 1 aromatic carbocycles. The number of nitrogens with zero attached hydrogens (tertiary/aromatic N) is 5. The van der Waals surface area contributed by atoms with Gasteiger partial charge in [-0.1, -0.05) is 17.7 Å². The maximum absolute atomic E-state index is 12.9. The zero-order chi connectivity index (χ0) is 23.8. The van der Waals surface area contributed by atoms with E-state index in [2.05, 4.69) is 45.6 Å². The molecule has 0 spiro atoms. The highest BCUT2D eigenvalue weighted by atomic mass is 35.5. The Morgan fingerprint density at radius 2 is 1.97 bits per heavy atom. The SMILES string of the molecule is C[C@@H]1CCCN1c1cc(CN2CCN(C(=O)n3ccc(NS(C)(=O)=O)n3)C[C@@H]2C)ccc1Cl. The summed E-state index contributed by atoms with van der Waals surface area (Å²) in [4.78, 5) is 19.4. The van der Waals surface area contributed by atoms with Gasteiger partial charge < -0.3 is 9.80 Å². The van der Waals surface area contributed by atoms with E-state index in [1.165, 1.54) is 35.4 Å². The number of amides is 1. The normalized spacial score (nSPS) is 22.1. The van der Waals surface area contributed by atoms with Crippen LogP contribution in [0.5, 0.6) is 0 Å².